The zero-order valence-electron chi connectivity index (χ0n) is 11.1. The third-order valence-corrected chi connectivity index (χ3v) is 4.31. The van der Waals surface area contributed by atoms with Gasteiger partial charge in [-0.05, 0) is 50.6 Å². The molecule has 2 aliphatic rings. The van der Waals surface area contributed by atoms with Gasteiger partial charge in [0, 0.05) is 13.1 Å². The van der Waals surface area contributed by atoms with E-state index in [0.717, 1.165) is 38.8 Å². The van der Waals surface area contributed by atoms with E-state index >= 15 is 0 Å². The van der Waals surface area contributed by atoms with E-state index in [-0.39, 0.29) is 6.54 Å². The molecule has 0 radical (unpaired) electrons. The molecule has 0 atom stereocenters. The summed E-state index contributed by atoms with van der Waals surface area (Å²) in [5.41, 5.74) is 0. The fraction of sp³-hybridized carbons (Fsp3) is 0.923. The lowest BCUT2D eigenvalue weighted by Crippen LogP contribution is -2.49. The molecular weight excluding hydrogens is 254 g/mol. The van der Waals surface area contributed by atoms with Gasteiger partial charge < -0.3 is 10.0 Å². The van der Waals surface area contributed by atoms with Gasteiger partial charge in [-0.25, -0.2) is 13.6 Å². The predicted octanol–water partition coefficient (Wildman–Crippen LogP) is 2.35. The first-order valence-corrected chi connectivity index (χ1v) is 7.03. The van der Waals surface area contributed by atoms with Gasteiger partial charge in [-0.2, -0.15) is 0 Å². The molecule has 0 aromatic carbocycles. The highest BCUT2D eigenvalue weighted by Crippen LogP contribution is 2.27. The Balaban J connectivity index is 1.56. The van der Waals surface area contributed by atoms with Crippen molar-refractivity contribution in [3.05, 3.63) is 0 Å². The number of hydrogen-bond acceptors (Lipinski definition) is 2. The average Bonchev–Trinajstić information content (AvgIpc) is 2.28. The molecule has 2 saturated heterocycles. The van der Waals surface area contributed by atoms with E-state index in [1.807, 2.05) is 4.90 Å². The summed E-state index contributed by atoms with van der Waals surface area (Å²) in [6, 6.07) is 0. The second kappa shape index (κ2) is 6.50. The zero-order valence-corrected chi connectivity index (χ0v) is 11.1. The van der Waals surface area contributed by atoms with Crippen LogP contribution in [0.3, 0.4) is 0 Å². The Labute approximate surface area is 112 Å². The van der Waals surface area contributed by atoms with Crippen LogP contribution in [-0.2, 0) is 0 Å². The fourth-order valence-corrected chi connectivity index (χ4v) is 3.03. The fourth-order valence-electron chi connectivity index (χ4n) is 3.03. The highest BCUT2D eigenvalue weighted by Gasteiger charge is 2.31. The molecule has 19 heavy (non-hydrogen) atoms. The average molecular weight is 276 g/mol. The van der Waals surface area contributed by atoms with Gasteiger partial charge in [-0.1, -0.05) is 0 Å². The molecule has 2 rings (SSSR count). The van der Waals surface area contributed by atoms with Crippen molar-refractivity contribution in [2.75, 3.05) is 32.7 Å². The molecule has 0 aliphatic carbocycles. The summed E-state index contributed by atoms with van der Waals surface area (Å²) in [5, 5.41) is 8.73. The number of amides is 1. The Morgan fingerprint density at radius 3 is 2.26 bits per heavy atom. The molecule has 6 heteroatoms. The molecule has 0 aromatic heterocycles. The largest absolute Gasteiger partial charge is 0.465 e. The molecule has 2 heterocycles. The number of carboxylic acid groups (broad SMARTS) is 1. The predicted molar refractivity (Wildman–Crippen MR) is 67.5 cm³/mol. The molecule has 1 amide bonds. The Hall–Kier alpha value is -0.910. The molecule has 110 valence electrons. The van der Waals surface area contributed by atoms with Crippen molar-refractivity contribution in [1.29, 1.82) is 0 Å². The molecule has 0 unspecified atom stereocenters. The lowest BCUT2D eigenvalue weighted by molar-refractivity contribution is 0.0593. The van der Waals surface area contributed by atoms with Crippen LogP contribution in [-0.4, -0.2) is 60.1 Å². The van der Waals surface area contributed by atoms with Crippen molar-refractivity contribution in [2.24, 2.45) is 11.8 Å². The quantitative estimate of drug-likeness (QED) is 0.838. The van der Waals surface area contributed by atoms with E-state index in [4.69, 9.17) is 5.11 Å². The molecule has 1 N–H and O–H groups in total. The van der Waals surface area contributed by atoms with Crippen molar-refractivity contribution in [3.8, 4) is 0 Å². The molecule has 0 aromatic rings. The Morgan fingerprint density at radius 1 is 1.16 bits per heavy atom. The van der Waals surface area contributed by atoms with E-state index in [1.54, 1.807) is 0 Å². The Bertz CT molecular complexity index is 301. The van der Waals surface area contributed by atoms with Crippen molar-refractivity contribution in [1.82, 2.24) is 9.80 Å². The number of piperidine rings is 1. The van der Waals surface area contributed by atoms with Gasteiger partial charge >= 0.3 is 6.09 Å². The Kier molecular flexibility index (Phi) is 4.96. The van der Waals surface area contributed by atoms with Crippen molar-refractivity contribution >= 4 is 6.09 Å². The SMILES string of the molecule is O=C(O)N1CC(CCC2CCN(CC(F)F)CC2)C1. The number of rotatable bonds is 5. The molecule has 0 spiro atoms. The normalized spacial score (nSPS) is 22.8. The smallest absolute Gasteiger partial charge is 0.407 e. The van der Waals surface area contributed by atoms with Crippen molar-refractivity contribution in [3.63, 3.8) is 0 Å². The highest BCUT2D eigenvalue weighted by atomic mass is 19.3. The maximum absolute atomic E-state index is 12.2. The summed E-state index contributed by atoms with van der Waals surface area (Å²) in [7, 11) is 0. The van der Waals surface area contributed by atoms with Gasteiger partial charge in [0.2, 0.25) is 0 Å². The number of likely N-dealkylation sites (tertiary alicyclic amines) is 2. The van der Waals surface area contributed by atoms with Crippen LogP contribution in [0.5, 0.6) is 0 Å². The van der Waals surface area contributed by atoms with Gasteiger partial charge in [0.05, 0.1) is 6.54 Å². The first-order chi connectivity index (χ1) is 9.04. The lowest BCUT2D eigenvalue weighted by Gasteiger charge is -2.38. The summed E-state index contributed by atoms with van der Waals surface area (Å²) < 4.78 is 24.5. The van der Waals surface area contributed by atoms with E-state index < -0.39 is 12.5 Å². The van der Waals surface area contributed by atoms with Crippen molar-refractivity contribution < 1.29 is 18.7 Å². The van der Waals surface area contributed by atoms with Gasteiger partial charge in [0.15, 0.2) is 0 Å². The number of halogens is 2. The summed E-state index contributed by atoms with van der Waals surface area (Å²) in [6.07, 6.45) is 1.14. The molecule has 0 saturated carbocycles. The molecule has 0 bridgehead atoms. The van der Waals surface area contributed by atoms with Gasteiger partial charge in [0.25, 0.3) is 6.43 Å². The molecule has 2 aliphatic heterocycles. The van der Waals surface area contributed by atoms with E-state index in [1.165, 1.54) is 4.90 Å². The number of alkyl halides is 2. The third-order valence-electron chi connectivity index (χ3n) is 4.31. The maximum Gasteiger partial charge on any atom is 0.407 e. The second-order valence-electron chi connectivity index (χ2n) is 5.77. The lowest BCUT2D eigenvalue weighted by atomic mass is 9.86. The van der Waals surface area contributed by atoms with Crippen LogP contribution < -0.4 is 0 Å². The minimum Gasteiger partial charge on any atom is -0.465 e. The van der Waals surface area contributed by atoms with Crippen LogP contribution in [0.25, 0.3) is 0 Å². The number of carbonyl (C=O) groups is 1. The monoisotopic (exact) mass is 276 g/mol. The summed E-state index contributed by atoms with van der Waals surface area (Å²) in [4.78, 5) is 13.9. The van der Waals surface area contributed by atoms with Crippen LogP contribution in [0.15, 0.2) is 0 Å². The van der Waals surface area contributed by atoms with E-state index in [9.17, 15) is 13.6 Å². The highest BCUT2D eigenvalue weighted by molar-refractivity contribution is 5.65. The standard InChI is InChI=1S/C13H22F2N2O2/c14-12(15)9-16-5-3-10(4-6-16)1-2-11-7-17(8-11)13(18)19/h10-12H,1-9H2,(H,18,19). The summed E-state index contributed by atoms with van der Waals surface area (Å²) >= 11 is 0. The van der Waals surface area contributed by atoms with Gasteiger partial charge in [-0.3, -0.25) is 4.90 Å². The second-order valence-corrected chi connectivity index (χ2v) is 5.77. The topological polar surface area (TPSA) is 43.8 Å². The molecular formula is C13H22F2N2O2. The third kappa shape index (κ3) is 4.30. The van der Waals surface area contributed by atoms with Crippen LogP contribution in [0.4, 0.5) is 13.6 Å². The number of nitrogens with zero attached hydrogens (tertiary/aromatic N) is 2. The first-order valence-electron chi connectivity index (χ1n) is 7.03. The number of hydrogen-bond donors (Lipinski definition) is 1. The van der Waals surface area contributed by atoms with Gasteiger partial charge in [-0.15, -0.1) is 0 Å². The van der Waals surface area contributed by atoms with Crippen LogP contribution >= 0.6 is 0 Å². The minimum atomic E-state index is -2.23. The zero-order chi connectivity index (χ0) is 13.8. The maximum atomic E-state index is 12.2. The Morgan fingerprint density at radius 2 is 1.74 bits per heavy atom. The van der Waals surface area contributed by atoms with Crippen LogP contribution in [0, 0.1) is 11.8 Å². The van der Waals surface area contributed by atoms with E-state index in [2.05, 4.69) is 0 Å². The van der Waals surface area contributed by atoms with Crippen LogP contribution in [0.2, 0.25) is 0 Å². The summed E-state index contributed by atoms with van der Waals surface area (Å²) in [6.45, 7) is 2.80. The summed E-state index contributed by atoms with van der Waals surface area (Å²) in [5.74, 6) is 1.14. The molecule has 2 fully saturated rings. The first kappa shape index (κ1) is 14.5. The van der Waals surface area contributed by atoms with Crippen LogP contribution in [0.1, 0.15) is 25.7 Å². The van der Waals surface area contributed by atoms with Gasteiger partial charge in [0.1, 0.15) is 0 Å². The van der Waals surface area contributed by atoms with E-state index in [0.29, 0.717) is 24.9 Å². The van der Waals surface area contributed by atoms with Crippen molar-refractivity contribution in [2.45, 2.75) is 32.1 Å². The molecule has 4 nitrogen and oxygen atoms in total. The minimum absolute atomic E-state index is 0.0943.